The van der Waals surface area contributed by atoms with Crippen LogP contribution in [0.15, 0.2) is 18.2 Å². The number of nitrogens with zero attached hydrogens (tertiary/aromatic N) is 1. The van der Waals surface area contributed by atoms with Crippen molar-refractivity contribution in [3.05, 3.63) is 29.6 Å². The van der Waals surface area contributed by atoms with E-state index in [1.54, 1.807) is 7.11 Å². The van der Waals surface area contributed by atoms with Gasteiger partial charge in [-0.25, -0.2) is 4.39 Å². The van der Waals surface area contributed by atoms with Crippen LogP contribution >= 0.6 is 0 Å². The molecule has 2 unspecified atom stereocenters. The summed E-state index contributed by atoms with van der Waals surface area (Å²) in [5.41, 5.74) is 0.743. The summed E-state index contributed by atoms with van der Waals surface area (Å²) in [4.78, 5) is 2.37. The molecule has 1 heterocycles. The zero-order valence-corrected chi connectivity index (χ0v) is 13.5. The van der Waals surface area contributed by atoms with E-state index in [0.29, 0.717) is 30.3 Å². The van der Waals surface area contributed by atoms with Gasteiger partial charge in [-0.15, -0.1) is 0 Å². The summed E-state index contributed by atoms with van der Waals surface area (Å²) < 4.78 is 19.2. The van der Waals surface area contributed by atoms with Crippen LogP contribution in [0.25, 0.3) is 0 Å². The first-order valence-corrected chi connectivity index (χ1v) is 7.79. The molecule has 0 aliphatic carbocycles. The van der Waals surface area contributed by atoms with E-state index in [1.165, 1.54) is 6.07 Å². The van der Waals surface area contributed by atoms with E-state index in [2.05, 4.69) is 31.0 Å². The second kappa shape index (κ2) is 7.23. The normalized spacial score (nSPS) is 23.5. The first-order chi connectivity index (χ1) is 9.99. The molecule has 0 amide bonds. The Hall–Kier alpha value is -1.13. The molecule has 1 fully saturated rings. The molecule has 2 atom stereocenters. The minimum Gasteiger partial charge on any atom is -0.497 e. The van der Waals surface area contributed by atoms with E-state index in [1.807, 2.05) is 12.1 Å². The molecule has 0 radical (unpaired) electrons. The van der Waals surface area contributed by atoms with Gasteiger partial charge in [-0.2, -0.15) is 0 Å². The lowest BCUT2D eigenvalue weighted by Gasteiger charge is -2.39. The van der Waals surface area contributed by atoms with Crippen molar-refractivity contribution in [3.63, 3.8) is 0 Å². The SMILES string of the molecule is COc1ccc(CN2CC(CC(C)C)NCC2C)c(F)c1. The van der Waals surface area contributed by atoms with Crippen molar-refractivity contribution in [3.8, 4) is 5.75 Å². The van der Waals surface area contributed by atoms with Crippen molar-refractivity contribution in [2.75, 3.05) is 20.2 Å². The zero-order chi connectivity index (χ0) is 15.4. The Morgan fingerprint density at radius 2 is 2.19 bits per heavy atom. The van der Waals surface area contributed by atoms with Crippen LogP contribution in [0.1, 0.15) is 32.8 Å². The highest BCUT2D eigenvalue weighted by atomic mass is 19.1. The summed E-state index contributed by atoms with van der Waals surface area (Å²) in [6.45, 7) is 9.29. The summed E-state index contributed by atoms with van der Waals surface area (Å²) in [5, 5.41) is 3.59. The van der Waals surface area contributed by atoms with E-state index in [4.69, 9.17) is 4.74 Å². The van der Waals surface area contributed by atoms with Crippen LogP contribution in [-0.4, -0.2) is 37.2 Å². The fraction of sp³-hybridized carbons (Fsp3) is 0.647. The Balaban J connectivity index is 2.02. The Morgan fingerprint density at radius 1 is 1.43 bits per heavy atom. The van der Waals surface area contributed by atoms with Crippen molar-refractivity contribution >= 4 is 0 Å². The third-order valence-corrected chi connectivity index (χ3v) is 4.17. The minimum absolute atomic E-state index is 0.180. The minimum atomic E-state index is -0.180. The number of piperazine rings is 1. The van der Waals surface area contributed by atoms with Crippen LogP contribution in [0.3, 0.4) is 0 Å². The van der Waals surface area contributed by atoms with E-state index in [-0.39, 0.29) is 5.82 Å². The molecule has 1 N–H and O–H groups in total. The number of halogens is 1. The number of nitrogens with one attached hydrogen (secondary N) is 1. The summed E-state index contributed by atoms with van der Waals surface area (Å²) in [5.74, 6) is 1.07. The molecule has 1 aliphatic rings. The predicted octanol–water partition coefficient (Wildman–Crippen LogP) is 3.04. The highest BCUT2D eigenvalue weighted by molar-refractivity contribution is 5.29. The second-order valence-electron chi connectivity index (χ2n) is 6.47. The number of ether oxygens (including phenoxy) is 1. The first kappa shape index (κ1) is 16.2. The maximum absolute atomic E-state index is 14.1. The lowest BCUT2D eigenvalue weighted by atomic mass is 9.99. The van der Waals surface area contributed by atoms with Gasteiger partial charge in [0.1, 0.15) is 11.6 Å². The van der Waals surface area contributed by atoms with E-state index >= 15 is 0 Å². The molecule has 21 heavy (non-hydrogen) atoms. The van der Waals surface area contributed by atoms with Gasteiger partial charge in [0.2, 0.25) is 0 Å². The quantitative estimate of drug-likeness (QED) is 0.903. The molecular weight excluding hydrogens is 267 g/mol. The number of hydrogen-bond acceptors (Lipinski definition) is 3. The van der Waals surface area contributed by atoms with Crippen LogP contribution in [0.5, 0.6) is 5.75 Å². The monoisotopic (exact) mass is 294 g/mol. The fourth-order valence-electron chi connectivity index (χ4n) is 2.94. The van der Waals surface area contributed by atoms with Crippen LogP contribution in [0.2, 0.25) is 0 Å². The maximum atomic E-state index is 14.1. The van der Waals surface area contributed by atoms with Gasteiger partial charge in [0, 0.05) is 43.3 Å². The fourth-order valence-corrected chi connectivity index (χ4v) is 2.94. The van der Waals surface area contributed by atoms with Gasteiger partial charge in [0.25, 0.3) is 0 Å². The van der Waals surface area contributed by atoms with Crippen LogP contribution in [0, 0.1) is 11.7 Å². The molecule has 0 spiro atoms. The summed E-state index contributed by atoms with van der Waals surface area (Å²) in [6.07, 6.45) is 1.16. The number of benzene rings is 1. The van der Waals surface area contributed by atoms with E-state index in [9.17, 15) is 4.39 Å². The molecule has 2 rings (SSSR count). The Morgan fingerprint density at radius 3 is 2.81 bits per heavy atom. The maximum Gasteiger partial charge on any atom is 0.131 e. The highest BCUT2D eigenvalue weighted by Crippen LogP contribution is 2.20. The van der Waals surface area contributed by atoms with Crippen LogP contribution < -0.4 is 10.1 Å². The Labute approximate surface area is 127 Å². The topological polar surface area (TPSA) is 24.5 Å². The standard InChI is InChI=1S/C17H27FN2O/c1-12(2)7-15-11-20(13(3)9-19-15)10-14-5-6-16(21-4)8-17(14)18/h5-6,8,12-13,15,19H,7,9-11H2,1-4H3. The van der Waals surface area contributed by atoms with E-state index < -0.39 is 0 Å². The Kier molecular flexibility index (Phi) is 5.59. The zero-order valence-electron chi connectivity index (χ0n) is 13.5. The van der Waals surface area contributed by atoms with Gasteiger partial charge < -0.3 is 10.1 Å². The predicted molar refractivity (Wildman–Crippen MR) is 84.1 cm³/mol. The average molecular weight is 294 g/mol. The van der Waals surface area contributed by atoms with Crippen LogP contribution in [0.4, 0.5) is 4.39 Å². The summed E-state index contributed by atoms with van der Waals surface area (Å²) >= 11 is 0. The van der Waals surface area contributed by atoms with Crippen LogP contribution in [-0.2, 0) is 6.54 Å². The molecule has 1 saturated heterocycles. The van der Waals surface area contributed by atoms with Gasteiger partial charge in [0.15, 0.2) is 0 Å². The van der Waals surface area contributed by atoms with Crippen molar-refractivity contribution in [2.45, 2.75) is 45.8 Å². The molecule has 3 nitrogen and oxygen atoms in total. The van der Waals surface area contributed by atoms with Crippen molar-refractivity contribution in [2.24, 2.45) is 5.92 Å². The molecule has 1 aromatic rings. The third kappa shape index (κ3) is 4.42. The van der Waals surface area contributed by atoms with Gasteiger partial charge in [-0.05, 0) is 25.3 Å². The largest absolute Gasteiger partial charge is 0.497 e. The summed E-state index contributed by atoms with van der Waals surface area (Å²) in [6, 6.07) is 6.06. The summed E-state index contributed by atoms with van der Waals surface area (Å²) in [7, 11) is 1.56. The molecule has 0 aromatic heterocycles. The van der Waals surface area contributed by atoms with Gasteiger partial charge in [-0.1, -0.05) is 19.9 Å². The van der Waals surface area contributed by atoms with Crippen molar-refractivity contribution in [1.29, 1.82) is 0 Å². The molecule has 1 aliphatic heterocycles. The number of methoxy groups -OCH3 is 1. The number of hydrogen-bond donors (Lipinski definition) is 1. The second-order valence-corrected chi connectivity index (χ2v) is 6.47. The highest BCUT2D eigenvalue weighted by Gasteiger charge is 2.25. The van der Waals surface area contributed by atoms with Gasteiger partial charge >= 0.3 is 0 Å². The van der Waals surface area contributed by atoms with Gasteiger partial charge in [0.05, 0.1) is 7.11 Å². The van der Waals surface area contributed by atoms with Crippen molar-refractivity contribution in [1.82, 2.24) is 10.2 Å². The number of rotatable bonds is 5. The molecule has 0 saturated carbocycles. The molecule has 4 heteroatoms. The average Bonchev–Trinajstić information content (AvgIpc) is 2.44. The molecule has 118 valence electrons. The smallest absolute Gasteiger partial charge is 0.131 e. The Bertz CT molecular complexity index is 464. The lowest BCUT2D eigenvalue weighted by Crippen LogP contribution is -2.55. The van der Waals surface area contributed by atoms with Gasteiger partial charge in [-0.3, -0.25) is 4.90 Å². The molecule has 1 aromatic carbocycles. The van der Waals surface area contributed by atoms with Crippen molar-refractivity contribution < 1.29 is 9.13 Å². The molecular formula is C17H27FN2O. The van der Waals surface area contributed by atoms with E-state index in [0.717, 1.165) is 25.1 Å². The third-order valence-electron chi connectivity index (χ3n) is 4.17. The lowest BCUT2D eigenvalue weighted by molar-refractivity contribution is 0.123. The first-order valence-electron chi connectivity index (χ1n) is 7.79. The molecule has 0 bridgehead atoms.